The van der Waals surface area contributed by atoms with Crippen LogP contribution < -0.4 is 5.32 Å². The molecule has 2 unspecified atom stereocenters. The van der Waals surface area contributed by atoms with Crippen molar-refractivity contribution in [3.05, 3.63) is 35.9 Å². The van der Waals surface area contributed by atoms with Crippen molar-refractivity contribution in [3.8, 4) is 0 Å². The average molecular weight is 205 g/mol. The minimum absolute atomic E-state index is 0.472. The Morgan fingerprint density at radius 3 is 2.87 bits per heavy atom. The summed E-state index contributed by atoms with van der Waals surface area (Å²) in [7, 11) is 1.79. The van der Waals surface area contributed by atoms with Crippen LogP contribution in [0, 0.1) is 5.92 Å². The van der Waals surface area contributed by atoms with Gasteiger partial charge >= 0.3 is 0 Å². The van der Waals surface area contributed by atoms with Crippen molar-refractivity contribution in [2.24, 2.45) is 5.92 Å². The van der Waals surface area contributed by atoms with Crippen molar-refractivity contribution in [3.63, 3.8) is 0 Å². The smallest absolute Gasteiger partial charge is 0.0508 e. The zero-order chi connectivity index (χ0) is 10.5. The van der Waals surface area contributed by atoms with Crippen LogP contribution >= 0.6 is 0 Å². The molecule has 1 aliphatic rings. The summed E-state index contributed by atoms with van der Waals surface area (Å²) >= 11 is 0. The molecule has 0 radical (unpaired) electrons. The van der Waals surface area contributed by atoms with E-state index in [-0.39, 0.29) is 0 Å². The predicted molar refractivity (Wildman–Crippen MR) is 61.8 cm³/mol. The van der Waals surface area contributed by atoms with Gasteiger partial charge in [0.15, 0.2) is 0 Å². The summed E-state index contributed by atoms with van der Waals surface area (Å²) in [5, 5.41) is 3.59. The Labute approximate surface area is 91.6 Å². The summed E-state index contributed by atoms with van der Waals surface area (Å²) in [6, 6.07) is 11.2. The first kappa shape index (κ1) is 10.7. The number of piperidine rings is 1. The molecule has 0 aliphatic carbocycles. The van der Waals surface area contributed by atoms with Crippen LogP contribution in [0.1, 0.15) is 24.4 Å². The van der Waals surface area contributed by atoms with Gasteiger partial charge in [0.1, 0.15) is 0 Å². The van der Waals surface area contributed by atoms with E-state index in [2.05, 4.69) is 35.6 Å². The lowest BCUT2D eigenvalue weighted by Crippen LogP contribution is -2.36. The predicted octanol–water partition coefficient (Wildman–Crippen LogP) is 2.37. The maximum absolute atomic E-state index is 5.29. The molecule has 1 aromatic rings. The van der Waals surface area contributed by atoms with Gasteiger partial charge in [-0.15, -0.1) is 0 Å². The van der Waals surface area contributed by atoms with Crippen LogP contribution in [-0.2, 0) is 4.74 Å². The molecular formula is C13H19NO. The minimum Gasteiger partial charge on any atom is -0.384 e. The van der Waals surface area contributed by atoms with E-state index < -0.39 is 0 Å². The van der Waals surface area contributed by atoms with E-state index in [1.54, 1.807) is 7.11 Å². The maximum Gasteiger partial charge on any atom is 0.0508 e. The lowest BCUT2D eigenvalue weighted by atomic mass is 9.87. The summed E-state index contributed by atoms with van der Waals surface area (Å²) in [5.74, 6) is 0.617. The highest BCUT2D eigenvalue weighted by Crippen LogP contribution is 2.29. The Bertz CT molecular complexity index is 284. The lowest BCUT2D eigenvalue weighted by Gasteiger charge is -2.32. The number of hydrogen-bond donors (Lipinski definition) is 1. The van der Waals surface area contributed by atoms with Crippen molar-refractivity contribution in [2.75, 3.05) is 20.3 Å². The van der Waals surface area contributed by atoms with Gasteiger partial charge in [-0.25, -0.2) is 0 Å². The van der Waals surface area contributed by atoms with Crippen LogP contribution in [0.4, 0.5) is 0 Å². The third-order valence-electron chi connectivity index (χ3n) is 3.13. The Kier molecular flexibility index (Phi) is 3.75. The van der Waals surface area contributed by atoms with Gasteiger partial charge in [-0.2, -0.15) is 0 Å². The number of benzene rings is 1. The SMILES string of the molecule is COCC1CCCNC1c1ccccc1. The Hall–Kier alpha value is -0.860. The van der Waals surface area contributed by atoms with E-state index in [1.807, 2.05) is 0 Å². The van der Waals surface area contributed by atoms with Crippen molar-refractivity contribution < 1.29 is 4.74 Å². The van der Waals surface area contributed by atoms with Gasteiger partial charge < -0.3 is 10.1 Å². The molecule has 2 nitrogen and oxygen atoms in total. The molecule has 15 heavy (non-hydrogen) atoms. The van der Waals surface area contributed by atoms with Crippen LogP contribution in [-0.4, -0.2) is 20.3 Å². The zero-order valence-electron chi connectivity index (χ0n) is 9.28. The topological polar surface area (TPSA) is 21.3 Å². The van der Waals surface area contributed by atoms with Crippen molar-refractivity contribution >= 4 is 0 Å². The van der Waals surface area contributed by atoms with Crippen LogP contribution in [0.3, 0.4) is 0 Å². The second-order valence-corrected chi connectivity index (χ2v) is 4.20. The fourth-order valence-electron chi connectivity index (χ4n) is 2.40. The summed E-state index contributed by atoms with van der Waals surface area (Å²) in [6.45, 7) is 1.98. The molecule has 1 aliphatic heterocycles. The molecule has 1 N–H and O–H groups in total. The Balaban J connectivity index is 2.11. The molecule has 82 valence electrons. The fourth-order valence-corrected chi connectivity index (χ4v) is 2.40. The number of ether oxygens (including phenoxy) is 1. The number of rotatable bonds is 3. The molecule has 2 atom stereocenters. The summed E-state index contributed by atoms with van der Waals surface area (Å²) in [4.78, 5) is 0. The van der Waals surface area contributed by atoms with Crippen molar-refractivity contribution in [1.29, 1.82) is 0 Å². The molecule has 0 amide bonds. The third-order valence-corrected chi connectivity index (χ3v) is 3.13. The summed E-state index contributed by atoms with van der Waals surface area (Å²) in [5.41, 5.74) is 1.39. The van der Waals surface area contributed by atoms with Crippen LogP contribution in [0.15, 0.2) is 30.3 Å². The second kappa shape index (κ2) is 5.29. The first-order chi connectivity index (χ1) is 7.42. The van der Waals surface area contributed by atoms with E-state index in [0.717, 1.165) is 13.2 Å². The molecule has 2 rings (SSSR count). The summed E-state index contributed by atoms with van der Waals surface area (Å²) in [6.07, 6.45) is 2.53. The third kappa shape index (κ3) is 2.58. The molecule has 0 bridgehead atoms. The first-order valence-electron chi connectivity index (χ1n) is 5.69. The molecule has 1 saturated heterocycles. The van der Waals surface area contributed by atoms with E-state index in [1.165, 1.54) is 18.4 Å². The molecule has 0 aromatic heterocycles. The van der Waals surface area contributed by atoms with E-state index in [4.69, 9.17) is 4.74 Å². The van der Waals surface area contributed by atoms with Crippen LogP contribution in [0.2, 0.25) is 0 Å². The fraction of sp³-hybridized carbons (Fsp3) is 0.538. The van der Waals surface area contributed by atoms with Gasteiger partial charge in [-0.05, 0) is 24.9 Å². The lowest BCUT2D eigenvalue weighted by molar-refractivity contribution is 0.112. The van der Waals surface area contributed by atoms with Gasteiger partial charge in [0.05, 0.1) is 6.61 Å². The largest absolute Gasteiger partial charge is 0.384 e. The zero-order valence-corrected chi connectivity index (χ0v) is 9.28. The van der Waals surface area contributed by atoms with Gasteiger partial charge in [-0.3, -0.25) is 0 Å². The minimum atomic E-state index is 0.472. The standard InChI is InChI=1S/C13H19NO/c1-15-10-12-8-5-9-14-13(12)11-6-3-2-4-7-11/h2-4,6-7,12-14H,5,8-10H2,1H3. The van der Waals surface area contributed by atoms with E-state index >= 15 is 0 Å². The Morgan fingerprint density at radius 2 is 2.13 bits per heavy atom. The van der Waals surface area contributed by atoms with Crippen molar-refractivity contribution in [2.45, 2.75) is 18.9 Å². The van der Waals surface area contributed by atoms with Gasteiger partial charge in [0, 0.05) is 19.1 Å². The molecule has 1 heterocycles. The molecule has 1 aromatic carbocycles. The van der Waals surface area contributed by atoms with Gasteiger partial charge in [-0.1, -0.05) is 30.3 Å². The molecule has 0 spiro atoms. The average Bonchev–Trinajstić information content (AvgIpc) is 2.31. The first-order valence-corrected chi connectivity index (χ1v) is 5.69. The molecule has 0 saturated carbocycles. The van der Waals surface area contributed by atoms with Gasteiger partial charge in [0.25, 0.3) is 0 Å². The van der Waals surface area contributed by atoms with E-state index in [9.17, 15) is 0 Å². The molecular weight excluding hydrogens is 186 g/mol. The normalized spacial score (nSPS) is 26.5. The van der Waals surface area contributed by atoms with Gasteiger partial charge in [0.2, 0.25) is 0 Å². The molecule has 2 heteroatoms. The monoisotopic (exact) mass is 205 g/mol. The highest BCUT2D eigenvalue weighted by atomic mass is 16.5. The Morgan fingerprint density at radius 1 is 1.33 bits per heavy atom. The molecule has 1 fully saturated rings. The number of nitrogens with one attached hydrogen (secondary N) is 1. The van der Waals surface area contributed by atoms with Crippen LogP contribution in [0.5, 0.6) is 0 Å². The number of hydrogen-bond acceptors (Lipinski definition) is 2. The van der Waals surface area contributed by atoms with Crippen molar-refractivity contribution in [1.82, 2.24) is 5.32 Å². The van der Waals surface area contributed by atoms with Crippen LogP contribution in [0.25, 0.3) is 0 Å². The van der Waals surface area contributed by atoms with E-state index in [0.29, 0.717) is 12.0 Å². The maximum atomic E-state index is 5.29. The highest BCUT2D eigenvalue weighted by molar-refractivity contribution is 5.20. The highest BCUT2D eigenvalue weighted by Gasteiger charge is 2.25. The summed E-state index contributed by atoms with van der Waals surface area (Å²) < 4.78 is 5.29. The second-order valence-electron chi connectivity index (χ2n) is 4.20. The quantitative estimate of drug-likeness (QED) is 0.818. The number of methoxy groups -OCH3 is 1.